The fraction of sp³-hybridized carbons (Fsp3) is 0.375. The second kappa shape index (κ2) is 9.68. The average Bonchev–Trinajstić information content (AvgIpc) is 2.50. The summed E-state index contributed by atoms with van der Waals surface area (Å²) in [6.07, 6.45) is 1.74. The maximum atomic E-state index is 13.4. The van der Waals surface area contributed by atoms with Gasteiger partial charge in [-0.25, -0.2) is 4.39 Å². The van der Waals surface area contributed by atoms with Gasteiger partial charge in [0.25, 0.3) is 0 Å². The van der Waals surface area contributed by atoms with Crippen molar-refractivity contribution in [3.63, 3.8) is 0 Å². The van der Waals surface area contributed by atoms with Crippen molar-refractivity contribution in [2.45, 2.75) is 25.8 Å². The van der Waals surface area contributed by atoms with Crippen LogP contribution in [0.5, 0.6) is 0 Å². The van der Waals surface area contributed by atoms with Crippen LogP contribution >= 0.6 is 0 Å². The molecule has 3 N–H and O–H groups in total. The summed E-state index contributed by atoms with van der Waals surface area (Å²) in [5.41, 5.74) is 0.896. The van der Waals surface area contributed by atoms with Gasteiger partial charge in [0.15, 0.2) is 0 Å². The van der Waals surface area contributed by atoms with Gasteiger partial charge in [-0.05, 0) is 18.1 Å². The minimum atomic E-state index is -0.759. The molecule has 0 unspecified atom stereocenters. The van der Waals surface area contributed by atoms with E-state index in [2.05, 4.69) is 10.6 Å². The van der Waals surface area contributed by atoms with Gasteiger partial charge < -0.3 is 15.7 Å². The van der Waals surface area contributed by atoms with E-state index in [-0.39, 0.29) is 25.5 Å². The lowest BCUT2D eigenvalue weighted by atomic mass is 10.1. The van der Waals surface area contributed by atoms with Gasteiger partial charge in [-0.1, -0.05) is 30.3 Å². The Bertz CT molecular complexity index is 517. The summed E-state index contributed by atoms with van der Waals surface area (Å²) in [7, 11) is 0. The van der Waals surface area contributed by atoms with Crippen LogP contribution in [0.1, 0.15) is 18.9 Å². The third kappa shape index (κ3) is 6.99. The van der Waals surface area contributed by atoms with E-state index in [1.807, 2.05) is 30.3 Å². The van der Waals surface area contributed by atoms with Crippen LogP contribution < -0.4 is 10.6 Å². The molecule has 120 valence electrons. The summed E-state index contributed by atoms with van der Waals surface area (Å²) in [6.45, 7) is 0.917. The molecule has 0 heterocycles. The van der Waals surface area contributed by atoms with Gasteiger partial charge in [0.2, 0.25) is 11.8 Å². The molecule has 0 aromatic heterocycles. The molecule has 5 nitrogen and oxygen atoms in total. The number of hydrogen-bond acceptors (Lipinski definition) is 3. The molecule has 0 spiro atoms. The van der Waals surface area contributed by atoms with E-state index in [1.54, 1.807) is 0 Å². The summed E-state index contributed by atoms with van der Waals surface area (Å²) in [4.78, 5) is 23.3. The minimum absolute atomic E-state index is 0.149. The highest BCUT2D eigenvalue weighted by atomic mass is 19.1. The van der Waals surface area contributed by atoms with Crippen molar-refractivity contribution in [3.8, 4) is 0 Å². The van der Waals surface area contributed by atoms with Crippen LogP contribution in [0.3, 0.4) is 0 Å². The van der Waals surface area contributed by atoms with Gasteiger partial charge >= 0.3 is 0 Å². The highest BCUT2D eigenvalue weighted by molar-refractivity contribution is 5.87. The van der Waals surface area contributed by atoms with Gasteiger partial charge in [-0.15, -0.1) is 0 Å². The van der Waals surface area contributed by atoms with Crippen LogP contribution in [0.4, 0.5) is 4.39 Å². The predicted molar refractivity (Wildman–Crippen MR) is 81.7 cm³/mol. The first-order valence-corrected chi connectivity index (χ1v) is 7.07. The molecule has 22 heavy (non-hydrogen) atoms. The van der Waals surface area contributed by atoms with Crippen molar-refractivity contribution in [1.29, 1.82) is 0 Å². The van der Waals surface area contributed by atoms with Crippen LogP contribution in [0.15, 0.2) is 42.2 Å². The first-order valence-electron chi connectivity index (χ1n) is 7.07. The Labute approximate surface area is 129 Å². The Morgan fingerprint density at radius 3 is 2.59 bits per heavy atom. The highest BCUT2D eigenvalue weighted by Gasteiger charge is 2.19. The fourth-order valence-electron chi connectivity index (χ4n) is 1.89. The van der Waals surface area contributed by atoms with E-state index in [0.717, 1.165) is 5.56 Å². The molecule has 0 saturated carbocycles. The number of rotatable bonds is 8. The van der Waals surface area contributed by atoms with Gasteiger partial charge in [0, 0.05) is 20.0 Å². The van der Waals surface area contributed by atoms with E-state index in [0.29, 0.717) is 6.42 Å². The summed E-state index contributed by atoms with van der Waals surface area (Å²) in [6, 6.07) is 8.49. The molecular weight excluding hydrogens is 287 g/mol. The predicted octanol–water partition coefficient (Wildman–Crippen LogP) is 1.09. The second-order valence-corrected chi connectivity index (χ2v) is 4.82. The number of halogens is 1. The zero-order chi connectivity index (χ0) is 16.4. The normalized spacial score (nSPS) is 12.6. The van der Waals surface area contributed by atoms with E-state index < -0.39 is 17.8 Å². The molecule has 0 aliphatic carbocycles. The topological polar surface area (TPSA) is 78.4 Å². The molecule has 2 amide bonds. The monoisotopic (exact) mass is 308 g/mol. The van der Waals surface area contributed by atoms with Crippen molar-refractivity contribution in [2.24, 2.45) is 0 Å². The number of carbonyl (C=O) groups is 2. The summed E-state index contributed by atoms with van der Waals surface area (Å²) < 4.78 is 13.4. The van der Waals surface area contributed by atoms with Crippen molar-refractivity contribution in [2.75, 3.05) is 13.2 Å². The number of nitrogens with one attached hydrogen (secondary N) is 2. The first-order chi connectivity index (χ1) is 10.5. The number of aliphatic hydroxyl groups is 1. The van der Waals surface area contributed by atoms with Crippen LogP contribution in [0.2, 0.25) is 0 Å². The van der Waals surface area contributed by atoms with E-state index in [4.69, 9.17) is 5.11 Å². The third-order valence-corrected chi connectivity index (χ3v) is 2.90. The summed E-state index contributed by atoms with van der Waals surface area (Å²) in [5.74, 6) is -1.30. The third-order valence-electron chi connectivity index (χ3n) is 2.90. The van der Waals surface area contributed by atoms with Crippen LogP contribution in [0.25, 0.3) is 0 Å². The Kier molecular flexibility index (Phi) is 7.85. The number of carbonyl (C=O) groups excluding carboxylic acids is 2. The lowest BCUT2D eigenvalue weighted by molar-refractivity contribution is -0.128. The molecule has 0 saturated heterocycles. The molecule has 6 heteroatoms. The van der Waals surface area contributed by atoms with Crippen molar-refractivity contribution < 1.29 is 19.1 Å². The molecule has 1 aromatic rings. The zero-order valence-electron chi connectivity index (χ0n) is 12.5. The standard InChI is InChI=1S/C16H21FN2O3/c1-12(21)19-15(10-13-6-3-2-4-7-13)16(22)18-11-14(17)8-5-9-20/h2-4,6-8,15,20H,5,9-11H2,1H3,(H,18,22)(H,19,21)/b14-8-/t15-/m0/s1. The first kappa shape index (κ1) is 17.8. The highest BCUT2D eigenvalue weighted by Crippen LogP contribution is 2.04. The lowest BCUT2D eigenvalue weighted by Gasteiger charge is -2.17. The lowest BCUT2D eigenvalue weighted by Crippen LogP contribution is -2.47. The van der Waals surface area contributed by atoms with Crippen LogP contribution in [0, 0.1) is 0 Å². The number of aliphatic hydroxyl groups excluding tert-OH is 1. The fourth-order valence-corrected chi connectivity index (χ4v) is 1.89. The maximum Gasteiger partial charge on any atom is 0.243 e. The molecule has 0 radical (unpaired) electrons. The van der Waals surface area contributed by atoms with E-state index in [9.17, 15) is 14.0 Å². The van der Waals surface area contributed by atoms with Gasteiger partial charge in [-0.3, -0.25) is 9.59 Å². The summed E-state index contributed by atoms with van der Waals surface area (Å²) >= 11 is 0. The Morgan fingerprint density at radius 2 is 2.00 bits per heavy atom. The maximum absolute atomic E-state index is 13.4. The number of hydrogen-bond donors (Lipinski definition) is 3. The molecule has 0 aliphatic heterocycles. The SMILES string of the molecule is CC(=O)N[C@@H](Cc1ccccc1)C(=O)NC/C(F)=C/CCO. The van der Waals surface area contributed by atoms with E-state index >= 15 is 0 Å². The van der Waals surface area contributed by atoms with Gasteiger partial charge in [0.1, 0.15) is 11.9 Å². The van der Waals surface area contributed by atoms with Crippen LogP contribution in [-0.4, -0.2) is 36.1 Å². The number of amides is 2. The molecule has 0 bridgehead atoms. The number of benzene rings is 1. The average molecular weight is 308 g/mol. The van der Waals surface area contributed by atoms with Crippen molar-refractivity contribution in [3.05, 3.63) is 47.8 Å². The molecule has 0 fully saturated rings. The van der Waals surface area contributed by atoms with Gasteiger partial charge in [0.05, 0.1) is 6.54 Å². The second-order valence-electron chi connectivity index (χ2n) is 4.82. The Balaban J connectivity index is 2.62. The molecule has 0 aliphatic rings. The Morgan fingerprint density at radius 1 is 1.32 bits per heavy atom. The molecule has 1 rings (SSSR count). The molecular formula is C16H21FN2O3. The van der Waals surface area contributed by atoms with E-state index in [1.165, 1.54) is 13.0 Å². The minimum Gasteiger partial charge on any atom is -0.396 e. The molecule has 1 atom stereocenters. The van der Waals surface area contributed by atoms with Crippen molar-refractivity contribution >= 4 is 11.8 Å². The summed E-state index contributed by atoms with van der Waals surface area (Å²) in [5, 5.41) is 13.6. The quantitative estimate of drug-likeness (QED) is 0.672. The largest absolute Gasteiger partial charge is 0.396 e. The van der Waals surface area contributed by atoms with Gasteiger partial charge in [-0.2, -0.15) is 0 Å². The van der Waals surface area contributed by atoms with Crippen LogP contribution in [-0.2, 0) is 16.0 Å². The Hall–Kier alpha value is -2.21. The smallest absolute Gasteiger partial charge is 0.243 e. The van der Waals surface area contributed by atoms with Crippen molar-refractivity contribution in [1.82, 2.24) is 10.6 Å². The molecule has 1 aromatic carbocycles. The zero-order valence-corrected chi connectivity index (χ0v) is 12.5.